The van der Waals surface area contributed by atoms with E-state index < -0.39 is 11.0 Å². The first kappa shape index (κ1) is 13.2. The zero-order valence-corrected chi connectivity index (χ0v) is 9.31. The van der Waals surface area contributed by atoms with Crippen LogP contribution in [0.1, 0.15) is 0 Å². The van der Waals surface area contributed by atoms with Gasteiger partial charge in [-0.05, 0) is 12.1 Å². The van der Waals surface area contributed by atoms with Crippen LogP contribution in [0.4, 0.5) is 16.2 Å². The first-order chi connectivity index (χ1) is 8.04. The van der Waals surface area contributed by atoms with E-state index in [0.717, 1.165) is 6.07 Å². The normalized spacial score (nSPS) is 9.76. The monoisotopic (exact) mass is 260 g/mol. The van der Waals surface area contributed by atoms with E-state index in [4.69, 9.17) is 16.7 Å². The van der Waals surface area contributed by atoms with Crippen LogP contribution in [0.5, 0.6) is 0 Å². The Balaban J connectivity index is 2.75. The number of anilines is 1. The molecule has 1 aromatic rings. The molecule has 1 rings (SSSR count). The number of hydrogen-bond donors (Lipinski definition) is 2. The maximum Gasteiger partial charge on any atom is 0.411 e. The van der Waals surface area contributed by atoms with Crippen molar-refractivity contribution in [2.24, 2.45) is 0 Å². The summed E-state index contributed by atoms with van der Waals surface area (Å²) in [5.41, 5.74) is -0.129. The summed E-state index contributed by atoms with van der Waals surface area (Å²) in [6, 6.07) is 3.80. The van der Waals surface area contributed by atoms with Crippen LogP contribution in [0, 0.1) is 10.1 Å². The largest absolute Gasteiger partial charge is 0.447 e. The Morgan fingerprint density at radius 3 is 2.88 bits per heavy atom. The van der Waals surface area contributed by atoms with Crippen molar-refractivity contribution in [3.8, 4) is 0 Å². The first-order valence-electron chi connectivity index (χ1n) is 4.53. The minimum atomic E-state index is -0.810. The van der Waals surface area contributed by atoms with Crippen molar-refractivity contribution in [1.29, 1.82) is 0 Å². The molecule has 0 aromatic heterocycles. The third-order valence-corrected chi connectivity index (χ3v) is 2.03. The summed E-state index contributed by atoms with van der Waals surface area (Å²) in [4.78, 5) is 21.0. The van der Waals surface area contributed by atoms with Gasteiger partial charge in [0, 0.05) is 6.07 Å². The zero-order valence-electron chi connectivity index (χ0n) is 8.55. The van der Waals surface area contributed by atoms with Gasteiger partial charge in [-0.15, -0.1) is 0 Å². The molecule has 0 heterocycles. The highest BCUT2D eigenvalue weighted by molar-refractivity contribution is 6.32. The van der Waals surface area contributed by atoms with Gasteiger partial charge in [0.25, 0.3) is 5.69 Å². The smallest absolute Gasteiger partial charge is 0.411 e. The Bertz CT molecular complexity index is 437. The standard InChI is InChI=1S/C9H9ClN2O5/c10-7-2-1-6(5-8(7)12(15)16)11-9(14)17-4-3-13/h1-2,5,13H,3-4H2,(H,11,14). The molecule has 2 N–H and O–H groups in total. The Labute approximate surface area is 101 Å². The predicted molar refractivity (Wildman–Crippen MR) is 60.2 cm³/mol. The van der Waals surface area contributed by atoms with Gasteiger partial charge in [0.1, 0.15) is 11.6 Å². The van der Waals surface area contributed by atoms with E-state index in [9.17, 15) is 14.9 Å². The molecule has 0 saturated heterocycles. The molecule has 1 amide bonds. The van der Waals surface area contributed by atoms with Crippen molar-refractivity contribution in [2.45, 2.75) is 0 Å². The molecular formula is C9H9ClN2O5. The molecule has 0 unspecified atom stereocenters. The number of benzene rings is 1. The highest BCUT2D eigenvalue weighted by Gasteiger charge is 2.14. The number of hydrogen-bond acceptors (Lipinski definition) is 5. The van der Waals surface area contributed by atoms with Crippen molar-refractivity contribution in [3.63, 3.8) is 0 Å². The van der Waals surface area contributed by atoms with Gasteiger partial charge in [-0.3, -0.25) is 15.4 Å². The Hall–Kier alpha value is -1.86. The second kappa shape index (κ2) is 6.02. The Kier molecular flexibility index (Phi) is 4.68. The summed E-state index contributed by atoms with van der Waals surface area (Å²) in [6.07, 6.45) is -0.810. The van der Waals surface area contributed by atoms with Crippen LogP contribution in [0.25, 0.3) is 0 Å². The first-order valence-corrected chi connectivity index (χ1v) is 4.91. The van der Waals surface area contributed by atoms with Crippen LogP contribution in [-0.4, -0.2) is 29.3 Å². The number of aliphatic hydroxyl groups is 1. The number of carbonyl (C=O) groups is 1. The number of amides is 1. The number of carbonyl (C=O) groups excluding carboxylic acids is 1. The number of ether oxygens (including phenoxy) is 1. The molecule has 0 radical (unpaired) electrons. The maximum absolute atomic E-state index is 11.1. The van der Waals surface area contributed by atoms with Gasteiger partial charge in [-0.2, -0.15) is 0 Å². The molecule has 7 nitrogen and oxygen atoms in total. The summed E-state index contributed by atoms with van der Waals surface area (Å²) in [5.74, 6) is 0. The molecule has 17 heavy (non-hydrogen) atoms. The lowest BCUT2D eigenvalue weighted by atomic mass is 10.3. The van der Waals surface area contributed by atoms with Crippen LogP contribution in [0.2, 0.25) is 5.02 Å². The van der Waals surface area contributed by atoms with E-state index >= 15 is 0 Å². The number of rotatable bonds is 4. The maximum atomic E-state index is 11.1. The molecular weight excluding hydrogens is 252 g/mol. The van der Waals surface area contributed by atoms with Crippen LogP contribution in [0.3, 0.4) is 0 Å². The number of nitrogens with zero attached hydrogens (tertiary/aromatic N) is 1. The molecule has 0 aliphatic heterocycles. The van der Waals surface area contributed by atoms with Crippen LogP contribution in [0.15, 0.2) is 18.2 Å². The fourth-order valence-electron chi connectivity index (χ4n) is 1.02. The Morgan fingerprint density at radius 1 is 1.59 bits per heavy atom. The molecule has 0 saturated carbocycles. The summed E-state index contributed by atoms with van der Waals surface area (Å²) >= 11 is 5.59. The summed E-state index contributed by atoms with van der Waals surface area (Å²) < 4.78 is 4.52. The van der Waals surface area contributed by atoms with Crippen LogP contribution >= 0.6 is 11.6 Å². The van der Waals surface area contributed by atoms with Gasteiger partial charge < -0.3 is 9.84 Å². The van der Waals surface area contributed by atoms with E-state index in [0.29, 0.717) is 0 Å². The third-order valence-electron chi connectivity index (χ3n) is 1.71. The van der Waals surface area contributed by atoms with E-state index in [2.05, 4.69) is 10.1 Å². The molecule has 8 heteroatoms. The third kappa shape index (κ3) is 3.89. The SMILES string of the molecule is O=C(Nc1ccc(Cl)c([N+](=O)[O-])c1)OCCO. The van der Waals surface area contributed by atoms with Gasteiger partial charge in [-0.25, -0.2) is 4.79 Å². The molecule has 0 fully saturated rings. The van der Waals surface area contributed by atoms with E-state index in [1.54, 1.807) is 0 Å². The van der Waals surface area contributed by atoms with Gasteiger partial charge in [0.2, 0.25) is 0 Å². The summed E-state index contributed by atoms with van der Waals surface area (Å²) in [5, 5.41) is 21.2. The molecule has 0 spiro atoms. The lowest BCUT2D eigenvalue weighted by molar-refractivity contribution is -0.384. The highest BCUT2D eigenvalue weighted by Crippen LogP contribution is 2.27. The quantitative estimate of drug-likeness (QED) is 0.635. The van der Waals surface area contributed by atoms with Crippen molar-refractivity contribution in [3.05, 3.63) is 33.3 Å². The molecule has 0 bridgehead atoms. The Morgan fingerprint density at radius 2 is 2.29 bits per heavy atom. The minimum Gasteiger partial charge on any atom is -0.447 e. The second-order valence-electron chi connectivity index (χ2n) is 2.91. The predicted octanol–water partition coefficient (Wildman–Crippen LogP) is 1.79. The lowest BCUT2D eigenvalue weighted by Gasteiger charge is -2.05. The number of nitro groups is 1. The fraction of sp³-hybridized carbons (Fsp3) is 0.222. The molecule has 1 aromatic carbocycles. The van der Waals surface area contributed by atoms with E-state index in [-0.39, 0.29) is 29.6 Å². The van der Waals surface area contributed by atoms with Crippen LogP contribution < -0.4 is 5.32 Å². The van der Waals surface area contributed by atoms with Crippen LogP contribution in [-0.2, 0) is 4.74 Å². The number of nitro benzene ring substituents is 1. The van der Waals surface area contributed by atoms with Gasteiger partial charge in [0.15, 0.2) is 0 Å². The molecule has 0 aliphatic carbocycles. The lowest BCUT2D eigenvalue weighted by Crippen LogP contribution is -2.15. The molecule has 92 valence electrons. The summed E-state index contributed by atoms with van der Waals surface area (Å²) in [7, 11) is 0. The van der Waals surface area contributed by atoms with Crippen molar-refractivity contribution >= 4 is 29.1 Å². The topological polar surface area (TPSA) is 102 Å². The summed E-state index contributed by atoms with van der Waals surface area (Å²) in [6.45, 7) is -0.449. The number of halogens is 1. The highest BCUT2D eigenvalue weighted by atomic mass is 35.5. The van der Waals surface area contributed by atoms with Crippen molar-refractivity contribution in [2.75, 3.05) is 18.5 Å². The number of nitrogens with one attached hydrogen (secondary N) is 1. The average Bonchev–Trinajstić information content (AvgIpc) is 2.28. The van der Waals surface area contributed by atoms with Gasteiger partial charge in [0.05, 0.1) is 17.2 Å². The van der Waals surface area contributed by atoms with Gasteiger partial charge >= 0.3 is 6.09 Å². The minimum absolute atomic E-state index is 0.0238. The van der Waals surface area contributed by atoms with Gasteiger partial charge in [-0.1, -0.05) is 11.6 Å². The van der Waals surface area contributed by atoms with E-state index in [1.165, 1.54) is 12.1 Å². The zero-order chi connectivity index (χ0) is 12.8. The second-order valence-corrected chi connectivity index (χ2v) is 3.32. The molecule has 0 aliphatic rings. The van der Waals surface area contributed by atoms with E-state index in [1.807, 2.05) is 0 Å². The molecule has 0 atom stereocenters. The average molecular weight is 261 g/mol. The number of aliphatic hydroxyl groups excluding tert-OH is 1. The van der Waals surface area contributed by atoms with Crippen molar-refractivity contribution in [1.82, 2.24) is 0 Å². The fourth-order valence-corrected chi connectivity index (χ4v) is 1.21. The van der Waals surface area contributed by atoms with Crippen molar-refractivity contribution < 1.29 is 19.6 Å².